The topological polar surface area (TPSA) is 24.5 Å². The molecular formula is C17H34N2O. The zero-order valence-corrected chi connectivity index (χ0v) is 13.7. The van der Waals surface area contributed by atoms with Crippen molar-refractivity contribution < 1.29 is 4.74 Å². The highest BCUT2D eigenvalue weighted by Gasteiger charge is 2.32. The second-order valence-electron chi connectivity index (χ2n) is 7.18. The number of nitrogens with one attached hydrogen (secondary N) is 1. The second-order valence-corrected chi connectivity index (χ2v) is 7.18. The molecule has 1 saturated carbocycles. The average molecular weight is 282 g/mol. The first-order valence-corrected chi connectivity index (χ1v) is 8.67. The van der Waals surface area contributed by atoms with E-state index in [1.54, 1.807) is 0 Å². The molecule has 0 spiro atoms. The molecule has 0 bridgehead atoms. The Morgan fingerprint density at radius 2 is 1.95 bits per heavy atom. The Bertz CT molecular complexity index is 264. The first-order chi connectivity index (χ1) is 9.70. The molecule has 3 heteroatoms. The Morgan fingerprint density at radius 1 is 1.20 bits per heavy atom. The predicted octanol–water partition coefficient (Wildman–Crippen LogP) is 2.90. The minimum absolute atomic E-state index is 0.699. The first-order valence-electron chi connectivity index (χ1n) is 8.67. The minimum atomic E-state index is 0.699. The smallest absolute Gasteiger partial charge is 0.0589 e. The molecule has 1 heterocycles. The van der Waals surface area contributed by atoms with Crippen LogP contribution >= 0.6 is 0 Å². The van der Waals surface area contributed by atoms with E-state index in [1.165, 1.54) is 51.6 Å². The van der Waals surface area contributed by atoms with Gasteiger partial charge in [0.05, 0.1) is 6.61 Å². The quantitative estimate of drug-likeness (QED) is 0.811. The van der Waals surface area contributed by atoms with Gasteiger partial charge in [-0.1, -0.05) is 33.1 Å². The van der Waals surface area contributed by atoms with Crippen LogP contribution in [0.3, 0.4) is 0 Å². The summed E-state index contributed by atoms with van der Waals surface area (Å²) in [6, 6.07) is 1.42. The van der Waals surface area contributed by atoms with Gasteiger partial charge in [0, 0.05) is 38.8 Å². The summed E-state index contributed by atoms with van der Waals surface area (Å²) in [6.07, 6.45) is 8.50. The third kappa shape index (κ3) is 4.71. The highest BCUT2D eigenvalue weighted by molar-refractivity contribution is 4.90. The van der Waals surface area contributed by atoms with Crippen LogP contribution in [0.1, 0.15) is 52.4 Å². The lowest BCUT2D eigenvalue weighted by Crippen LogP contribution is -2.59. The number of hydrogen-bond acceptors (Lipinski definition) is 3. The summed E-state index contributed by atoms with van der Waals surface area (Å²) in [4.78, 5) is 2.69. The number of rotatable bonds is 6. The molecule has 2 unspecified atom stereocenters. The first kappa shape index (κ1) is 16.3. The molecule has 1 saturated heterocycles. The van der Waals surface area contributed by atoms with E-state index in [2.05, 4.69) is 24.1 Å². The molecule has 2 rings (SSSR count). The molecule has 1 N–H and O–H groups in total. The van der Waals surface area contributed by atoms with E-state index in [-0.39, 0.29) is 0 Å². The van der Waals surface area contributed by atoms with Crippen molar-refractivity contribution in [2.75, 3.05) is 33.4 Å². The molecule has 118 valence electrons. The van der Waals surface area contributed by atoms with Crippen molar-refractivity contribution in [1.29, 1.82) is 0 Å². The molecule has 0 amide bonds. The highest BCUT2D eigenvalue weighted by atomic mass is 16.5. The monoisotopic (exact) mass is 282 g/mol. The van der Waals surface area contributed by atoms with Crippen LogP contribution in [0.2, 0.25) is 0 Å². The fraction of sp³-hybridized carbons (Fsp3) is 1.00. The average Bonchev–Trinajstić information content (AvgIpc) is 2.46. The summed E-state index contributed by atoms with van der Waals surface area (Å²) in [5.74, 6) is 1.69. The summed E-state index contributed by atoms with van der Waals surface area (Å²) in [5.41, 5.74) is 0. The maximum atomic E-state index is 5.32. The lowest BCUT2D eigenvalue weighted by Gasteiger charge is -2.44. The Balaban J connectivity index is 1.89. The van der Waals surface area contributed by atoms with Crippen molar-refractivity contribution in [2.24, 2.45) is 11.8 Å². The zero-order chi connectivity index (χ0) is 14.4. The molecule has 1 aliphatic carbocycles. The maximum absolute atomic E-state index is 5.32. The van der Waals surface area contributed by atoms with Gasteiger partial charge in [0.1, 0.15) is 0 Å². The molecule has 0 radical (unpaired) electrons. The molecule has 20 heavy (non-hydrogen) atoms. The number of piperazine rings is 1. The van der Waals surface area contributed by atoms with Gasteiger partial charge in [-0.2, -0.15) is 0 Å². The van der Waals surface area contributed by atoms with Gasteiger partial charge in [-0.25, -0.2) is 0 Å². The maximum Gasteiger partial charge on any atom is 0.0589 e. The summed E-state index contributed by atoms with van der Waals surface area (Å²) < 4.78 is 5.32. The van der Waals surface area contributed by atoms with E-state index in [9.17, 15) is 0 Å². The van der Waals surface area contributed by atoms with Gasteiger partial charge in [-0.3, -0.25) is 4.90 Å². The van der Waals surface area contributed by atoms with Crippen molar-refractivity contribution in [3.8, 4) is 0 Å². The molecule has 0 aromatic carbocycles. The van der Waals surface area contributed by atoms with Gasteiger partial charge in [-0.05, 0) is 31.1 Å². The molecule has 2 aliphatic rings. The normalized spacial score (nSPS) is 30.0. The van der Waals surface area contributed by atoms with Crippen LogP contribution in [-0.2, 0) is 4.74 Å². The Labute approximate surface area is 125 Å². The summed E-state index contributed by atoms with van der Waals surface area (Å²) in [5, 5.41) is 3.87. The SMILES string of the molecule is COCCN1CC(C2CCCCC2)NCC1CC(C)C. The van der Waals surface area contributed by atoms with Crippen LogP contribution in [-0.4, -0.2) is 50.3 Å². The molecule has 2 fully saturated rings. The molecule has 2 atom stereocenters. The van der Waals surface area contributed by atoms with Crippen LogP contribution in [0, 0.1) is 11.8 Å². The van der Waals surface area contributed by atoms with E-state index in [0.717, 1.165) is 31.0 Å². The molecule has 1 aliphatic heterocycles. The number of hydrogen-bond donors (Lipinski definition) is 1. The van der Waals surface area contributed by atoms with Crippen molar-refractivity contribution in [1.82, 2.24) is 10.2 Å². The Kier molecular flexibility index (Phi) is 6.79. The van der Waals surface area contributed by atoms with Crippen molar-refractivity contribution in [3.05, 3.63) is 0 Å². The van der Waals surface area contributed by atoms with Crippen LogP contribution < -0.4 is 5.32 Å². The largest absolute Gasteiger partial charge is 0.383 e. The van der Waals surface area contributed by atoms with Gasteiger partial charge >= 0.3 is 0 Å². The highest BCUT2D eigenvalue weighted by Crippen LogP contribution is 2.29. The third-order valence-corrected chi connectivity index (χ3v) is 5.11. The Hall–Kier alpha value is -0.120. The van der Waals surface area contributed by atoms with E-state index in [1.807, 2.05) is 7.11 Å². The van der Waals surface area contributed by atoms with Gasteiger partial charge in [-0.15, -0.1) is 0 Å². The van der Waals surface area contributed by atoms with Gasteiger partial charge < -0.3 is 10.1 Å². The van der Waals surface area contributed by atoms with Crippen molar-refractivity contribution in [3.63, 3.8) is 0 Å². The standard InChI is InChI=1S/C17H34N2O/c1-14(2)11-16-12-18-17(13-19(16)9-10-20-3)15-7-5-4-6-8-15/h14-18H,4-13H2,1-3H3. The van der Waals surface area contributed by atoms with Gasteiger partial charge in [0.2, 0.25) is 0 Å². The van der Waals surface area contributed by atoms with Gasteiger partial charge in [0.25, 0.3) is 0 Å². The minimum Gasteiger partial charge on any atom is -0.383 e. The predicted molar refractivity (Wildman–Crippen MR) is 85.1 cm³/mol. The molecule has 0 aromatic rings. The van der Waals surface area contributed by atoms with E-state index in [4.69, 9.17) is 4.74 Å². The van der Waals surface area contributed by atoms with Gasteiger partial charge in [0.15, 0.2) is 0 Å². The summed E-state index contributed by atoms with van der Waals surface area (Å²) >= 11 is 0. The van der Waals surface area contributed by atoms with Crippen molar-refractivity contribution >= 4 is 0 Å². The molecular weight excluding hydrogens is 248 g/mol. The number of nitrogens with zero attached hydrogens (tertiary/aromatic N) is 1. The Morgan fingerprint density at radius 3 is 2.60 bits per heavy atom. The third-order valence-electron chi connectivity index (χ3n) is 5.11. The van der Waals surface area contributed by atoms with Crippen LogP contribution in [0.25, 0.3) is 0 Å². The van der Waals surface area contributed by atoms with Crippen molar-refractivity contribution in [2.45, 2.75) is 64.5 Å². The summed E-state index contributed by atoms with van der Waals surface area (Å²) in [6.45, 7) is 9.03. The second kappa shape index (κ2) is 8.35. The van der Waals surface area contributed by atoms with E-state index in [0.29, 0.717) is 6.04 Å². The summed E-state index contributed by atoms with van der Waals surface area (Å²) in [7, 11) is 1.82. The van der Waals surface area contributed by atoms with E-state index >= 15 is 0 Å². The zero-order valence-electron chi connectivity index (χ0n) is 13.7. The molecule has 3 nitrogen and oxygen atoms in total. The molecule has 0 aromatic heterocycles. The lowest BCUT2D eigenvalue weighted by atomic mass is 9.82. The number of ether oxygens (including phenoxy) is 1. The van der Waals surface area contributed by atoms with E-state index < -0.39 is 0 Å². The van der Waals surface area contributed by atoms with Crippen LogP contribution in [0.15, 0.2) is 0 Å². The fourth-order valence-electron chi connectivity index (χ4n) is 3.99. The van der Waals surface area contributed by atoms with Crippen LogP contribution in [0.5, 0.6) is 0 Å². The lowest BCUT2D eigenvalue weighted by molar-refractivity contribution is 0.0586. The number of methoxy groups -OCH3 is 1. The van der Waals surface area contributed by atoms with Crippen LogP contribution in [0.4, 0.5) is 0 Å². The fourth-order valence-corrected chi connectivity index (χ4v) is 3.99.